The first-order valence-electron chi connectivity index (χ1n) is 8.42. The number of aryl methyl sites for hydroxylation is 2. The number of thiophene rings is 1. The number of fused-ring (bicyclic) bond motifs is 1. The zero-order valence-electron chi connectivity index (χ0n) is 13.9. The molecule has 128 valence electrons. The molecule has 0 bridgehead atoms. The molecule has 6 nitrogen and oxygen atoms in total. The van der Waals surface area contributed by atoms with Crippen molar-refractivity contribution in [2.24, 2.45) is 5.92 Å². The minimum atomic E-state index is -0.555. The van der Waals surface area contributed by atoms with Gasteiger partial charge in [-0.2, -0.15) is 4.98 Å². The number of aromatic nitrogens is 2. The Balaban J connectivity index is 1.61. The summed E-state index contributed by atoms with van der Waals surface area (Å²) in [5.41, 5.74) is 1.31. The maximum atomic E-state index is 13.0. The van der Waals surface area contributed by atoms with Gasteiger partial charge in [-0.3, -0.25) is 4.79 Å². The number of rotatable bonds is 2. The molecule has 2 aromatic rings. The van der Waals surface area contributed by atoms with Crippen LogP contribution >= 0.6 is 11.3 Å². The highest BCUT2D eigenvalue weighted by Gasteiger charge is 2.39. The SMILES string of the molecule is Cc1noc([C@H]2C[C@@H](O)CN2C(=O)c2cc3c(s2)CC[C@H](C)C3)n1. The Labute approximate surface area is 144 Å². The second kappa shape index (κ2) is 5.97. The molecule has 0 aromatic carbocycles. The monoisotopic (exact) mass is 347 g/mol. The fraction of sp³-hybridized carbons (Fsp3) is 0.588. The lowest BCUT2D eigenvalue weighted by molar-refractivity contribution is 0.0698. The molecule has 7 heteroatoms. The van der Waals surface area contributed by atoms with E-state index in [2.05, 4.69) is 17.1 Å². The van der Waals surface area contributed by atoms with E-state index in [1.165, 1.54) is 16.9 Å². The second-order valence-electron chi connectivity index (χ2n) is 6.95. The molecule has 4 rings (SSSR count). The lowest BCUT2D eigenvalue weighted by atomic mass is 9.90. The zero-order valence-corrected chi connectivity index (χ0v) is 14.7. The van der Waals surface area contributed by atoms with E-state index in [0.29, 0.717) is 30.6 Å². The Morgan fingerprint density at radius 3 is 3.08 bits per heavy atom. The summed E-state index contributed by atoms with van der Waals surface area (Å²) < 4.78 is 5.25. The smallest absolute Gasteiger partial charge is 0.264 e. The fourth-order valence-electron chi connectivity index (χ4n) is 3.67. The molecule has 0 radical (unpaired) electrons. The van der Waals surface area contributed by atoms with Crippen LogP contribution in [0.2, 0.25) is 0 Å². The van der Waals surface area contributed by atoms with Crippen molar-refractivity contribution < 1.29 is 14.4 Å². The number of likely N-dealkylation sites (tertiary alicyclic amines) is 1. The predicted molar refractivity (Wildman–Crippen MR) is 88.9 cm³/mol. The molecule has 3 atom stereocenters. The molecule has 1 saturated heterocycles. The van der Waals surface area contributed by atoms with Gasteiger partial charge in [-0.1, -0.05) is 12.1 Å². The van der Waals surface area contributed by atoms with E-state index in [0.717, 1.165) is 17.7 Å². The van der Waals surface area contributed by atoms with E-state index >= 15 is 0 Å². The van der Waals surface area contributed by atoms with E-state index in [-0.39, 0.29) is 11.9 Å². The van der Waals surface area contributed by atoms with Crippen molar-refractivity contribution in [2.45, 2.75) is 51.7 Å². The van der Waals surface area contributed by atoms with E-state index in [4.69, 9.17) is 4.52 Å². The Morgan fingerprint density at radius 2 is 2.33 bits per heavy atom. The number of hydrogen-bond donors (Lipinski definition) is 1. The largest absolute Gasteiger partial charge is 0.391 e. The molecule has 1 aliphatic carbocycles. The van der Waals surface area contributed by atoms with Crippen LogP contribution in [-0.4, -0.2) is 38.7 Å². The fourth-order valence-corrected chi connectivity index (χ4v) is 4.84. The number of carbonyl (C=O) groups is 1. The highest BCUT2D eigenvalue weighted by atomic mass is 32.1. The quantitative estimate of drug-likeness (QED) is 0.903. The van der Waals surface area contributed by atoms with Crippen molar-refractivity contribution in [2.75, 3.05) is 6.54 Å². The van der Waals surface area contributed by atoms with E-state index in [1.807, 2.05) is 6.07 Å². The molecule has 0 saturated carbocycles. The van der Waals surface area contributed by atoms with Gasteiger partial charge in [0.15, 0.2) is 5.82 Å². The first kappa shape index (κ1) is 15.8. The van der Waals surface area contributed by atoms with Crippen molar-refractivity contribution in [3.05, 3.63) is 33.1 Å². The van der Waals surface area contributed by atoms with Crippen molar-refractivity contribution in [3.63, 3.8) is 0 Å². The predicted octanol–water partition coefficient (Wildman–Crippen LogP) is 2.51. The zero-order chi connectivity index (χ0) is 16.8. The van der Waals surface area contributed by atoms with Gasteiger partial charge in [0.05, 0.1) is 11.0 Å². The molecular weight excluding hydrogens is 326 g/mol. The van der Waals surface area contributed by atoms with Crippen LogP contribution in [0.15, 0.2) is 10.6 Å². The average Bonchev–Trinajstić information content (AvgIpc) is 3.23. The summed E-state index contributed by atoms with van der Waals surface area (Å²) in [7, 11) is 0. The van der Waals surface area contributed by atoms with Gasteiger partial charge >= 0.3 is 0 Å². The van der Waals surface area contributed by atoms with E-state index in [1.54, 1.807) is 23.2 Å². The Bertz CT molecular complexity index is 769. The number of hydrogen-bond acceptors (Lipinski definition) is 6. The summed E-state index contributed by atoms with van der Waals surface area (Å²) in [6, 6.07) is 1.70. The van der Waals surface area contributed by atoms with Crippen LogP contribution in [-0.2, 0) is 12.8 Å². The first-order chi connectivity index (χ1) is 11.5. The number of β-amino-alcohol motifs (C(OH)–C–C–N with tert-alkyl or cyclic N) is 1. The maximum Gasteiger partial charge on any atom is 0.264 e. The summed E-state index contributed by atoms with van der Waals surface area (Å²) in [5, 5.41) is 13.9. The van der Waals surface area contributed by atoms with E-state index in [9.17, 15) is 9.90 Å². The summed E-state index contributed by atoms with van der Waals surface area (Å²) in [4.78, 5) is 21.0. The molecule has 24 heavy (non-hydrogen) atoms. The molecule has 1 N–H and O–H groups in total. The first-order valence-corrected chi connectivity index (χ1v) is 9.23. The summed E-state index contributed by atoms with van der Waals surface area (Å²) in [6.45, 7) is 4.32. The lowest BCUT2D eigenvalue weighted by Gasteiger charge is -2.20. The van der Waals surface area contributed by atoms with E-state index < -0.39 is 6.10 Å². The lowest BCUT2D eigenvalue weighted by Crippen LogP contribution is -2.31. The van der Waals surface area contributed by atoms with Gasteiger partial charge in [0, 0.05) is 17.8 Å². The van der Waals surface area contributed by atoms with Gasteiger partial charge in [-0.15, -0.1) is 11.3 Å². The minimum absolute atomic E-state index is 0.0422. The van der Waals surface area contributed by atoms with Crippen molar-refractivity contribution in [3.8, 4) is 0 Å². The Kier molecular flexibility index (Phi) is 3.92. The highest BCUT2D eigenvalue weighted by molar-refractivity contribution is 7.14. The van der Waals surface area contributed by atoms with Gasteiger partial charge in [0.1, 0.15) is 6.04 Å². The standard InChI is InChI=1S/C17H21N3O3S/c1-9-3-4-14-11(5-9)6-15(24-14)17(22)20-8-12(21)7-13(20)16-18-10(2)19-23-16/h6,9,12-13,21H,3-5,7-8H2,1-2H3/t9-,12+,13+/m0/s1. The molecule has 1 fully saturated rings. The van der Waals surface area contributed by atoms with Gasteiger partial charge in [-0.25, -0.2) is 0 Å². The Hall–Kier alpha value is -1.73. The topological polar surface area (TPSA) is 79.5 Å². The molecule has 2 aromatic heterocycles. The van der Waals surface area contributed by atoms with Crippen LogP contribution in [0, 0.1) is 12.8 Å². The molecule has 2 aliphatic rings. The molecule has 1 amide bonds. The van der Waals surface area contributed by atoms with Crippen molar-refractivity contribution >= 4 is 17.2 Å². The third-order valence-electron chi connectivity index (χ3n) is 4.91. The number of amides is 1. The summed E-state index contributed by atoms with van der Waals surface area (Å²) in [5.74, 6) is 1.59. The number of aliphatic hydroxyl groups excluding tert-OH is 1. The average molecular weight is 347 g/mol. The molecule has 3 heterocycles. The summed E-state index contributed by atoms with van der Waals surface area (Å²) in [6.07, 6.45) is 3.18. The molecule has 1 aliphatic heterocycles. The van der Waals surface area contributed by atoms with Crippen LogP contribution < -0.4 is 0 Å². The normalized spacial score (nSPS) is 26.6. The number of carbonyl (C=O) groups excluding carboxylic acids is 1. The van der Waals surface area contributed by atoms with Crippen LogP contribution in [0.5, 0.6) is 0 Å². The molecule has 0 spiro atoms. The van der Waals surface area contributed by atoms with Gasteiger partial charge in [0.25, 0.3) is 5.91 Å². The third-order valence-corrected chi connectivity index (χ3v) is 6.13. The number of aliphatic hydroxyl groups is 1. The Morgan fingerprint density at radius 1 is 1.50 bits per heavy atom. The van der Waals surface area contributed by atoms with Gasteiger partial charge in [0.2, 0.25) is 5.89 Å². The second-order valence-corrected chi connectivity index (χ2v) is 8.09. The van der Waals surface area contributed by atoms with Crippen LogP contribution in [0.1, 0.15) is 57.6 Å². The van der Waals surface area contributed by atoms with Crippen LogP contribution in [0.25, 0.3) is 0 Å². The van der Waals surface area contributed by atoms with Crippen LogP contribution in [0.4, 0.5) is 0 Å². The number of nitrogens with zero attached hydrogens (tertiary/aromatic N) is 3. The summed E-state index contributed by atoms with van der Waals surface area (Å²) >= 11 is 1.60. The van der Waals surface area contributed by atoms with Crippen molar-refractivity contribution in [1.29, 1.82) is 0 Å². The third kappa shape index (κ3) is 2.75. The van der Waals surface area contributed by atoms with Crippen LogP contribution in [0.3, 0.4) is 0 Å². The maximum absolute atomic E-state index is 13.0. The highest BCUT2D eigenvalue weighted by Crippen LogP contribution is 2.36. The molecular formula is C17H21N3O3S. The minimum Gasteiger partial charge on any atom is -0.391 e. The van der Waals surface area contributed by atoms with Gasteiger partial charge < -0.3 is 14.5 Å². The van der Waals surface area contributed by atoms with Gasteiger partial charge in [-0.05, 0) is 43.7 Å². The van der Waals surface area contributed by atoms with Crippen molar-refractivity contribution in [1.82, 2.24) is 15.0 Å². The molecule has 0 unspecified atom stereocenters.